The van der Waals surface area contributed by atoms with Gasteiger partial charge in [0.25, 0.3) is 0 Å². The Morgan fingerprint density at radius 2 is 1.08 bits per heavy atom. The number of aliphatic hydroxyl groups is 1. The van der Waals surface area contributed by atoms with Crippen LogP contribution in [-0.2, 0) is 0 Å². The Labute approximate surface area is 140 Å². The molecule has 0 saturated carbocycles. The summed E-state index contributed by atoms with van der Waals surface area (Å²) in [5, 5.41) is 19.7. The molecule has 0 aliphatic carbocycles. The third kappa shape index (κ3) is 3.67. The lowest BCUT2D eigenvalue weighted by Crippen LogP contribution is -1.99. The first-order valence-corrected chi connectivity index (χ1v) is 7.54. The molecule has 0 aromatic heterocycles. The summed E-state index contributed by atoms with van der Waals surface area (Å²) in [6, 6.07) is 21.1. The van der Waals surface area contributed by atoms with Crippen molar-refractivity contribution in [3.8, 4) is 23.0 Å². The summed E-state index contributed by atoms with van der Waals surface area (Å²) in [6.45, 7) is 0. The topological polar surface area (TPSA) is 58.9 Å². The summed E-state index contributed by atoms with van der Waals surface area (Å²) in [7, 11) is 1.62. The van der Waals surface area contributed by atoms with Gasteiger partial charge < -0.3 is 19.7 Å². The molecule has 24 heavy (non-hydrogen) atoms. The molecule has 0 aliphatic heterocycles. The number of aliphatic hydroxyl groups excluding tert-OH is 1. The van der Waals surface area contributed by atoms with E-state index in [2.05, 4.69) is 0 Å². The molecule has 3 aromatic rings. The quantitative estimate of drug-likeness (QED) is 0.736. The molecule has 0 heterocycles. The molecule has 0 aliphatic rings. The fourth-order valence-electron chi connectivity index (χ4n) is 2.35. The van der Waals surface area contributed by atoms with Crippen LogP contribution in [0.3, 0.4) is 0 Å². The van der Waals surface area contributed by atoms with Gasteiger partial charge in [-0.1, -0.05) is 24.3 Å². The highest BCUT2D eigenvalue weighted by Crippen LogP contribution is 2.28. The van der Waals surface area contributed by atoms with Crippen molar-refractivity contribution in [2.45, 2.75) is 6.10 Å². The van der Waals surface area contributed by atoms with E-state index < -0.39 is 6.10 Å². The summed E-state index contributed by atoms with van der Waals surface area (Å²) in [6.07, 6.45) is -0.749. The average Bonchev–Trinajstić information content (AvgIpc) is 2.63. The number of benzene rings is 3. The van der Waals surface area contributed by atoms with Crippen LogP contribution in [0, 0.1) is 0 Å². The van der Waals surface area contributed by atoms with Crippen molar-refractivity contribution in [1.82, 2.24) is 0 Å². The molecule has 1 unspecified atom stereocenters. The van der Waals surface area contributed by atoms with Crippen LogP contribution < -0.4 is 9.47 Å². The van der Waals surface area contributed by atoms with Crippen LogP contribution in [0.15, 0.2) is 72.8 Å². The van der Waals surface area contributed by atoms with Crippen molar-refractivity contribution in [3.05, 3.63) is 83.9 Å². The number of hydrogen-bond donors (Lipinski definition) is 2. The average molecular weight is 322 g/mol. The van der Waals surface area contributed by atoms with Crippen molar-refractivity contribution >= 4 is 0 Å². The second-order valence-electron chi connectivity index (χ2n) is 5.34. The van der Waals surface area contributed by atoms with Gasteiger partial charge in [-0.2, -0.15) is 0 Å². The number of aromatic hydroxyl groups is 1. The largest absolute Gasteiger partial charge is 0.508 e. The smallest absolute Gasteiger partial charge is 0.127 e. The summed E-state index contributed by atoms with van der Waals surface area (Å²) >= 11 is 0. The van der Waals surface area contributed by atoms with Crippen LogP contribution in [0.25, 0.3) is 0 Å². The van der Waals surface area contributed by atoms with Crippen molar-refractivity contribution in [3.63, 3.8) is 0 Å². The fraction of sp³-hybridized carbons (Fsp3) is 0.100. The monoisotopic (exact) mass is 322 g/mol. The molecule has 3 aromatic carbocycles. The molecule has 4 heteroatoms. The summed E-state index contributed by atoms with van der Waals surface area (Å²) < 4.78 is 10.9. The van der Waals surface area contributed by atoms with Gasteiger partial charge in [-0.15, -0.1) is 0 Å². The van der Waals surface area contributed by atoms with Crippen LogP contribution >= 0.6 is 0 Å². The minimum Gasteiger partial charge on any atom is -0.508 e. The highest BCUT2D eigenvalue weighted by atomic mass is 16.5. The first-order valence-electron chi connectivity index (χ1n) is 7.54. The number of hydrogen-bond acceptors (Lipinski definition) is 4. The van der Waals surface area contributed by atoms with Crippen molar-refractivity contribution in [1.29, 1.82) is 0 Å². The van der Waals surface area contributed by atoms with Gasteiger partial charge in [0.05, 0.1) is 7.11 Å². The molecule has 0 saturated heterocycles. The van der Waals surface area contributed by atoms with E-state index in [9.17, 15) is 10.2 Å². The Morgan fingerprint density at radius 3 is 1.58 bits per heavy atom. The molecule has 2 N–H and O–H groups in total. The summed E-state index contributed by atoms with van der Waals surface area (Å²) in [5.41, 5.74) is 1.47. The van der Waals surface area contributed by atoms with E-state index in [1.54, 1.807) is 31.4 Å². The molecule has 0 spiro atoms. The Bertz CT molecular complexity index is 777. The van der Waals surface area contributed by atoms with Gasteiger partial charge in [0.1, 0.15) is 29.1 Å². The number of phenolic OH excluding ortho intramolecular Hbond substituents is 1. The van der Waals surface area contributed by atoms with Crippen LogP contribution in [0.4, 0.5) is 0 Å². The van der Waals surface area contributed by atoms with Gasteiger partial charge in [-0.3, -0.25) is 0 Å². The third-order valence-corrected chi connectivity index (χ3v) is 3.70. The number of methoxy groups -OCH3 is 1. The van der Waals surface area contributed by atoms with E-state index in [1.807, 2.05) is 48.5 Å². The maximum atomic E-state index is 10.4. The Balaban J connectivity index is 1.71. The van der Waals surface area contributed by atoms with E-state index >= 15 is 0 Å². The van der Waals surface area contributed by atoms with Gasteiger partial charge >= 0.3 is 0 Å². The fourth-order valence-corrected chi connectivity index (χ4v) is 2.35. The minimum absolute atomic E-state index is 0.175. The zero-order valence-corrected chi connectivity index (χ0v) is 13.2. The van der Waals surface area contributed by atoms with Gasteiger partial charge in [0.2, 0.25) is 0 Å². The normalized spacial score (nSPS) is 11.8. The predicted octanol–water partition coefficient (Wildman–Crippen LogP) is 4.27. The van der Waals surface area contributed by atoms with E-state index in [4.69, 9.17) is 9.47 Å². The molecular formula is C20H18O4. The van der Waals surface area contributed by atoms with Gasteiger partial charge in [-0.25, -0.2) is 0 Å². The Hall–Kier alpha value is -2.98. The molecule has 122 valence electrons. The summed E-state index contributed by atoms with van der Waals surface area (Å²) in [4.78, 5) is 0. The molecule has 1 atom stereocenters. The van der Waals surface area contributed by atoms with E-state index in [1.165, 1.54) is 0 Å². The maximum absolute atomic E-state index is 10.4. The third-order valence-electron chi connectivity index (χ3n) is 3.70. The molecule has 0 bridgehead atoms. The lowest BCUT2D eigenvalue weighted by molar-refractivity contribution is 0.220. The Morgan fingerprint density at radius 1 is 0.667 bits per heavy atom. The van der Waals surface area contributed by atoms with Crippen LogP contribution in [0.5, 0.6) is 23.0 Å². The molecule has 0 fully saturated rings. The first-order chi connectivity index (χ1) is 11.7. The Kier molecular flexibility index (Phi) is 4.68. The number of phenols is 1. The molecular weight excluding hydrogens is 304 g/mol. The molecule has 0 amide bonds. The van der Waals surface area contributed by atoms with Crippen LogP contribution in [0.2, 0.25) is 0 Å². The number of ether oxygens (including phenoxy) is 2. The standard InChI is InChI=1S/C20H18O4/c1-23-17-10-12-19(13-11-17)24-18-8-4-15(5-9-18)20(22)14-2-6-16(21)7-3-14/h2-13,20-22H,1H3. The van der Waals surface area contributed by atoms with Crippen LogP contribution in [0.1, 0.15) is 17.2 Å². The molecule has 0 radical (unpaired) electrons. The van der Waals surface area contributed by atoms with Crippen molar-refractivity contribution in [2.75, 3.05) is 7.11 Å². The second kappa shape index (κ2) is 7.06. The first kappa shape index (κ1) is 15.9. The molecule has 3 rings (SSSR count). The van der Waals surface area contributed by atoms with E-state index in [0.717, 1.165) is 16.9 Å². The van der Waals surface area contributed by atoms with Crippen molar-refractivity contribution in [2.24, 2.45) is 0 Å². The minimum atomic E-state index is -0.749. The highest BCUT2D eigenvalue weighted by molar-refractivity contribution is 5.39. The maximum Gasteiger partial charge on any atom is 0.127 e. The highest BCUT2D eigenvalue weighted by Gasteiger charge is 2.10. The van der Waals surface area contributed by atoms with Crippen LogP contribution in [-0.4, -0.2) is 17.3 Å². The SMILES string of the molecule is COc1ccc(Oc2ccc(C(O)c3ccc(O)cc3)cc2)cc1. The zero-order chi connectivity index (χ0) is 16.9. The van der Waals surface area contributed by atoms with Gasteiger partial charge in [0.15, 0.2) is 0 Å². The van der Waals surface area contributed by atoms with Crippen molar-refractivity contribution < 1.29 is 19.7 Å². The van der Waals surface area contributed by atoms with Gasteiger partial charge in [-0.05, 0) is 59.7 Å². The van der Waals surface area contributed by atoms with E-state index in [-0.39, 0.29) is 5.75 Å². The lowest BCUT2D eigenvalue weighted by Gasteiger charge is -2.13. The number of rotatable bonds is 5. The second-order valence-corrected chi connectivity index (χ2v) is 5.34. The van der Waals surface area contributed by atoms with E-state index in [0.29, 0.717) is 11.5 Å². The summed E-state index contributed by atoms with van der Waals surface area (Å²) in [5.74, 6) is 2.34. The predicted molar refractivity (Wildman–Crippen MR) is 91.7 cm³/mol. The molecule has 4 nitrogen and oxygen atoms in total. The lowest BCUT2D eigenvalue weighted by atomic mass is 10.0. The zero-order valence-electron chi connectivity index (χ0n) is 13.2. The van der Waals surface area contributed by atoms with Gasteiger partial charge in [0, 0.05) is 0 Å².